The molecule has 0 aliphatic heterocycles. The molecule has 2 aromatic rings. The van der Waals surface area contributed by atoms with Gasteiger partial charge in [0.2, 0.25) is 0 Å². The Morgan fingerprint density at radius 1 is 1.20 bits per heavy atom. The second kappa shape index (κ2) is 5.62. The average molecular weight is 281 g/mol. The van der Waals surface area contributed by atoms with Gasteiger partial charge in [0.25, 0.3) is 5.69 Å². The minimum Gasteiger partial charge on any atom is -0.451 e. The molecular weight excluding hydrogens is 272 g/mol. The number of aliphatic hydroxyl groups is 1. The molecule has 0 heterocycles. The summed E-state index contributed by atoms with van der Waals surface area (Å²) in [4.78, 5) is 9.57. The first kappa shape index (κ1) is 13.9. The van der Waals surface area contributed by atoms with Gasteiger partial charge in [-0.15, -0.1) is 0 Å². The van der Waals surface area contributed by atoms with Gasteiger partial charge < -0.3 is 9.84 Å². The maximum Gasteiger partial charge on any atom is 0.275 e. The Morgan fingerprint density at radius 2 is 1.80 bits per heavy atom. The summed E-state index contributed by atoms with van der Waals surface area (Å²) in [5, 5.41) is 19.6. The smallest absolute Gasteiger partial charge is 0.275 e. The van der Waals surface area contributed by atoms with Crippen molar-refractivity contribution in [2.45, 2.75) is 6.61 Å². The van der Waals surface area contributed by atoms with E-state index in [9.17, 15) is 18.9 Å². The normalized spacial score (nSPS) is 10.3. The second-order valence-corrected chi connectivity index (χ2v) is 3.86. The van der Waals surface area contributed by atoms with Gasteiger partial charge in [0.15, 0.2) is 17.4 Å². The average Bonchev–Trinajstić information content (AvgIpc) is 2.42. The summed E-state index contributed by atoms with van der Waals surface area (Å²) in [6.45, 7) is -0.369. The molecule has 0 atom stereocenters. The van der Waals surface area contributed by atoms with Gasteiger partial charge in [0.1, 0.15) is 5.75 Å². The lowest BCUT2D eigenvalue weighted by Crippen LogP contribution is -1.98. The molecule has 0 aliphatic carbocycles. The van der Waals surface area contributed by atoms with Gasteiger partial charge >= 0.3 is 0 Å². The van der Waals surface area contributed by atoms with E-state index in [2.05, 4.69) is 0 Å². The molecule has 5 nitrogen and oxygen atoms in total. The third-order valence-corrected chi connectivity index (χ3v) is 2.55. The minimum atomic E-state index is -1.19. The number of rotatable bonds is 4. The maximum absolute atomic E-state index is 13.7. The minimum absolute atomic E-state index is 0.0710. The summed E-state index contributed by atoms with van der Waals surface area (Å²) < 4.78 is 32.4. The molecule has 0 fully saturated rings. The van der Waals surface area contributed by atoms with Crippen molar-refractivity contribution in [3.05, 3.63) is 63.7 Å². The van der Waals surface area contributed by atoms with Crippen molar-refractivity contribution >= 4 is 5.69 Å². The highest BCUT2D eigenvalue weighted by atomic mass is 19.1. The fourth-order valence-corrected chi connectivity index (χ4v) is 1.59. The van der Waals surface area contributed by atoms with Gasteiger partial charge in [-0.3, -0.25) is 10.1 Å². The lowest BCUT2D eigenvalue weighted by atomic mass is 10.2. The highest BCUT2D eigenvalue weighted by Crippen LogP contribution is 2.32. The van der Waals surface area contributed by atoms with Crippen LogP contribution in [0.4, 0.5) is 14.5 Å². The standard InChI is InChI=1S/C13H9F2NO4/c14-10-5-9(16(18)19)6-11(15)13(10)20-12-4-2-1-3-8(12)7-17/h1-6,17H,7H2. The molecule has 104 valence electrons. The zero-order valence-corrected chi connectivity index (χ0v) is 10.0. The van der Waals surface area contributed by atoms with Crippen molar-refractivity contribution < 1.29 is 23.5 Å². The van der Waals surface area contributed by atoms with E-state index in [1.807, 2.05) is 0 Å². The monoisotopic (exact) mass is 281 g/mol. The van der Waals surface area contributed by atoms with Crippen molar-refractivity contribution in [2.24, 2.45) is 0 Å². The van der Waals surface area contributed by atoms with Gasteiger partial charge in [-0.2, -0.15) is 0 Å². The molecule has 0 radical (unpaired) electrons. The second-order valence-electron chi connectivity index (χ2n) is 3.86. The Hall–Kier alpha value is -2.54. The fraction of sp³-hybridized carbons (Fsp3) is 0.0769. The maximum atomic E-state index is 13.7. The number of nitrogens with zero attached hydrogens (tertiary/aromatic N) is 1. The largest absolute Gasteiger partial charge is 0.451 e. The first-order valence-corrected chi connectivity index (χ1v) is 5.53. The molecule has 0 saturated heterocycles. The first-order chi connectivity index (χ1) is 9.52. The summed E-state index contributed by atoms with van der Waals surface area (Å²) in [5.41, 5.74) is -0.368. The number of ether oxygens (including phenoxy) is 1. The number of halogens is 2. The summed E-state index contributed by atoms with van der Waals surface area (Å²) in [7, 11) is 0. The number of nitro groups is 1. The fourth-order valence-electron chi connectivity index (χ4n) is 1.59. The van der Waals surface area contributed by atoms with Gasteiger partial charge in [0.05, 0.1) is 23.7 Å². The van der Waals surface area contributed by atoms with Crippen LogP contribution < -0.4 is 4.74 Å². The van der Waals surface area contributed by atoms with Gasteiger partial charge in [0, 0.05) is 5.56 Å². The van der Waals surface area contributed by atoms with Crippen molar-refractivity contribution in [1.29, 1.82) is 0 Å². The van der Waals surface area contributed by atoms with E-state index in [4.69, 9.17) is 9.84 Å². The summed E-state index contributed by atoms with van der Waals surface area (Å²) in [6.07, 6.45) is 0. The van der Waals surface area contributed by atoms with E-state index in [1.54, 1.807) is 12.1 Å². The molecule has 0 bridgehead atoms. The van der Waals surface area contributed by atoms with Crippen LogP contribution in [0.1, 0.15) is 5.56 Å². The summed E-state index contributed by atoms with van der Waals surface area (Å²) in [6, 6.07) is 7.28. The topological polar surface area (TPSA) is 72.6 Å². The lowest BCUT2D eigenvalue weighted by molar-refractivity contribution is -0.385. The van der Waals surface area contributed by atoms with Crippen molar-refractivity contribution in [3.63, 3.8) is 0 Å². The molecule has 0 aliphatic rings. The van der Waals surface area contributed by atoms with Gasteiger partial charge in [-0.1, -0.05) is 18.2 Å². The van der Waals surface area contributed by atoms with Crippen LogP contribution in [-0.2, 0) is 6.61 Å². The van der Waals surface area contributed by atoms with Crippen LogP contribution in [0.5, 0.6) is 11.5 Å². The zero-order chi connectivity index (χ0) is 14.7. The molecule has 7 heteroatoms. The van der Waals surface area contributed by atoms with E-state index in [0.717, 1.165) is 0 Å². The van der Waals surface area contributed by atoms with Crippen LogP contribution in [0.15, 0.2) is 36.4 Å². The Labute approximate surface area is 112 Å². The highest BCUT2D eigenvalue weighted by molar-refractivity contribution is 5.43. The number of hydrogen-bond donors (Lipinski definition) is 1. The summed E-state index contributed by atoms with van der Waals surface area (Å²) in [5.74, 6) is -3.06. The number of benzene rings is 2. The molecule has 1 N–H and O–H groups in total. The predicted octanol–water partition coefficient (Wildman–Crippen LogP) is 3.16. The molecule has 0 amide bonds. The number of non-ortho nitro benzene ring substituents is 1. The molecule has 0 saturated carbocycles. The van der Waals surface area contributed by atoms with E-state index in [1.165, 1.54) is 12.1 Å². The Bertz CT molecular complexity index is 638. The molecular formula is C13H9F2NO4. The number of para-hydroxylation sites is 1. The van der Waals surface area contributed by atoms with E-state index < -0.39 is 28.0 Å². The van der Waals surface area contributed by atoms with Crippen LogP contribution in [0.3, 0.4) is 0 Å². The Balaban J connectivity index is 2.41. The molecule has 0 aromatic heterocycles. The SMILES string of the molecule is O=[N+]([O-])c1cc(F)c(Oc2ccccc2CO)c(F)c1. The highest BCUT2D eigenvalue weighted by Gasteiger charge is 2.19. The van der Waals surface area contributed by atoms with Crippen LogP contribution in [0.2, 0.25) is 0 Å². The van der Waals surface area contributed by atoms with Crippen LogP contribution in [-0.4, -0.2) is 10.0 Å². The Kier molecular flexibility index (Phi) is 3.90. The molecule has 20 heavy (non-hydrogen) atoms. The third kappa shape index (κ3) is 2.72. The predicted molar refractivity (Wildman–Crippen MR) is 65.5 cm³/mol. The molecule has 0 spiro atoms. The summed E-state index contributed by atoms with van der Waals surface area (Å²) >= 11 is 0. The molecule has 2 rings (SSSR count). The third-order valence-electron chi connectivity index (χ3n) is 2.55. The van der Waals surface area contributed by atoms with Gasteiger partial charge in [-0.25, -0.2) is 8.78 Å². The Morgan fingerprint density at radius 3 is 2.35 bits per heavy atom. The van der Waals surface area contributed by atoms with Crippen LogP contribution >= 0.6 is 0 Å². The quantitative estimate of drug-likeness (QED) is 0.690. The zero-order valence-electron chi connectivity index (χ0n) is 10.0. The van der Waals surface area contributed by atoms with E-state index >= 15 is 0 Å². The molecule has 2 aromatic carbocycles. The molecule has 0 unspecified atom stereocenters. The van der Waals surface area contributed by atoms with Gasteiger partial charge in [-0.05, 0) is 6.07 Å². The van der Waals surface area contributed by atoms with Crippen molar-refractivity contribution in [3.8, 4) is 11.5 Å². The lowest BCUT2D eigenvalue weighted by Gasteiger charge is -2.10. The number of aliphatic hydroxyl groups excluding tert-OH is 1. The van der Waals surface area contributed by atoms with Crippen molar-refractivity contribution in [2.75, 3.05) is 0 Å². The van der Waals surface area contributed by atoms with Crippen LogP contribution in [0, 0.1) is 21.7 Å². The number of hydrogen-bond acceptors (Lipinski definition) is 4. The van der Waals surface area contributed by atoms with Crippen molar-refractivity contribution in [1.82, 2.24) is 0 Å². The van der Waals surface area contributed by atoms with E-state index in [0.29, 0.717) is 17.7 Å². The number of nitro benzene ring substituents is 1. The first-order valence-electron chi connectivity index (χ1n) is 5.53. The van der Waals surface area contributed by atoms with Crippen LogP contribution in [0.25, 0.3) is 0 Å². The van der Waals surface area contributed by atoms with E-state index in [-0.39, 0.29) is 12.4 Å².